The van der Waals surface area contributed by atoms with Gasteiger partial charge in [0.15, 0.2) is 0 Å². The number of carbonyl (C=O) groups is 1. The van der Waals surface area contributed by atoms with Crippen LogP contribution in [0.3, 0.4) is 0 Å². The number of carboxylic acids is 1. The molecule has 2 aromatic carbocycles. The molecule has 1 saturated heterocycles. The Labute approximate surface area is 249 Å². The van der Waals surface area contributed by atoms with E-state index in [9.17, 15) is 9.90 Å². The number of pyridine rings is 1. The van der Waals surface area contributed by atoms with Crippen molar-refractivity contribution < 1.29 is 19.4 Å². The van der Waals surface area contributed by atoms with Gasteiger partial charge in [-0.2, -0.15) is 0 Å². The number of aryl methyl sites for hydroxylation is 1. The molecule has 0 radical (unpaired) electrons. The number of aromatic carboxylic acids is 1. The minimum absolute atomic E-state index is 0.0132. The van der Waals surface area contributed by atoms with E-state index in [0.29, 0.717) is 19.0 Å². The second-order valence-electron chi connectivity index (χ2n) is 11.3. The molecule has 42 heavy (non-hydrogen) atoms. The summed E-state index contributed by atoms with van der Waals surface area (Å²) >= 11 is 6.23. The van der Waals surface area contributed by atoms with Crippen molar-refractivity contribution in [2.75, 3.05) is 19.7 Å². The van der Waals surface area contributed by atoms with Crippen LogP contribution in [0, 0.1) is 0 Å². The molecule has 1 aliphatic carbocycles. The highest BCUT2D eigenvalue weighted by atomic mass is 35.5. The molecule has 2 atom stereocenters. The third-order valence-electron chi connectivity index (χ3n) is 8.59. The van der Waals surface area contributed by atoms with Crippen LogP contribution in [0.4, 0.5) is 0 Å². The highest BCUT2D eigenvalue weighted by molar-refractivity contribution is 6.30. The number of nitrogens with zero attached hydrogens (tertiary/aromatic N) is 4. The maximum absolute atomic E-state index is 11.6. The van der Waals surface area contributed by atoms with Gasteiger partial charge in [-0.15, -0.1) is 0 Å². The molecule has 2 aliphatic heterocycles. The summed E-state index contributed by atoms with van der Waals surface area (Å²) in [5, 5.41) is 10.3. The Hall–Kier alpha value is -3.72. The fourth-order valence-corrected chi connectivity index (χ4v) is 6.41. The summed E-state index contributed by atoms with van der Waals surface area (Å²) in [6.45, 7) is 3.78. The molecule has 216 valence electrons. The lowest BCUT2D eigenvalue weighted by Gasteiger charge is -2.29. The first-order valence-electron chi connectivity index (χ1n) is 14.7. The number of carboxylic acid groups (broad SMARTS) is 1. The number of fused-ring (bicyclic) bond motifs is 2. The van der Waals surface area contributed by atoms with Gasteiger partial charge >= 0.3 is 5.97 Å². The average molecular weight is 585 g/mol. The fraction of sp³-hybridized carbons (Fsp3) is 0.364. The van der Waals surface area contributed by atoms with Crippen molar-refractivity contribution in [1.82, 2.24) is 19.4 Å². The van der Waals surface area contributed by atoms with Gasteiger partial charge in [0.05, 0.1) is 41.5 Å². The maximum atomic E-state index is 11.6. The molecule has 1 N–H and O–H groups in total. The van der Waals surface area contributed by atoms with E-state index in [-0.39, 0.29) is 17.8 Å². The van der Waals surface area contributed by atoms with E-state index < -0.39 is 5.97 Å². The lowest BCUT2D eigenvalue weighted by molar-refractivity contribution is -0.0591. The van der Waals surface area contributed by atoms with E-state index in [1.165, 1.54) is 16.7 Å². The van der Waals surface area contributed by atoms with Crippen molar-refractivity contribution in [2.45, 2.75) is 57.4 Å². The molecule has 4 heterocycles. The smallest absolute Gasteiger partial charge is 0.335 e. The van der Waals surface area contributed by atoms with E-state index in [0.717, 1.165) is 79.4 Å². The molecule has 4 aromatic rings. The molecule has 2 aromatic heterocycles. The van der Waals surface area contributed by atoms with E-state index in [4.69, 9.17) is 31.0 Å². The number of hydrogen-bond donors (Lipinski definition) is 1. The van der Waals surface area contributed by atoms with Crippen molar-refractivity contribution >= 4 is 34.2 Å². The maximum Gasteiger partial charge on any atom is 0.335 e. The lowest BCUT2D eigenvalue weighted by atomic mass is 9.89. The molecule has 0 saturated carbocycles. The lowest BCUT2D eigenvalue weighted by Crippen LogP contribution is -2.33. The number of imidazole rings is 1. The zero-order valence-corrected chi connectivity index (χ0v) is 24.1. The largest absolute Gasteiger partial charge is 0.478 e. The molecular formula is C33H33ClN4O4. The normalized spacial score (nSPS) is 20.5. The Morgan fingerprint density at radius 2 is 2.00 bits per heavy atom. The fourth-order valence-electron chi connectivity index (χ4n) is 6.22. The third kappa shape index (κ3) is 5.54. The molecule has 1 fully saturated rings. The predicted molar refractivity (Wildman–Crippen MR) is 161 cm³/mol. The van der Waals surface area contributed by atoms with Crippen molar-refractivity contribution in [3.63, 3.8) is 0 Å². The SMILES string of the molecule is O=C(O)c1ccc2nc(CN3CC=C(c4cccc(OC5CCCc6cc(Cl)ccc65)n4)CC3)n(C[C@@H]3CCO3)c2c1. The Balaban J connectivity index is 1.06. The van der Waals surface area contributed by atoms with Crippen LogP contribution in [0.1, 0.15) is 64.8 Å². The molecule has 0 amide bonds. The van der Waals surface area contributed by atoms with Crippen LogP contribution in [-0.4, -0.2) is 56.3 Å². The minimum atomic E-state index is -0.934. The first kappa shape index (κ1) is 27.1. The van der Waals surface area contributed by atoms with Gasteiger partial charge in [-0.05, 0) is 85.2 Å². The van der Waals surface area contributed by atoms with Crippen LogP contribution in [0.2, 0.25) is 5.02 Å². The number of benzene rings is 2. The quantitative estimate of drug-likeness (QED) is 0.259. The third-order valence-corrected chi connectivity index (χ3v) is 8.83. The Morgan fingerprint density at radius 3 is 2.79 bits per heavy atom. The Bertz CT molecular complexity index is 1680. The van der Waals surface area contributed by atoms with Crippen LogP contribution in [0.5, 0.6) is 5.88 Å². The molecule has 8 nitrogen and oxygen atoms in total. The van der Waals surface area contributed by atoms with Gasteiger partial charge < -0.3 is 19.1 Å². The van der Waals surface area contributed by atoms with Crippen LogP contribution < -0.4 is 4.74 Å². The van der Waals surface area contributed by atoms with Crippen LogP contribution >= 0.6 is 11.6 Å². The van der Waals surface area contributed by atoms with Gasteiger partial charge in [0.25, 0.3) is 0 Å². The topological polar surface area (TPSA) is 89.7 Å². The Morgan fingerprint density at radius 1 is 1.10 bits per heavy atom. The predicted octanol–water partition coefficient (Wildman–Crippen LogP) is 6.32. The molecule has 9 heteroatoms. The minimum Gasteiger partial charge on any atom is -0.478 e. The second kappa shape index (κ2) is 11.5. The van der Waals surface area contributed by atoms with Gasteiger partial charge in [0.2, 0.25) is 5.88 Å². The highest BCUT2D eigenvalue weighted by Gasteiger charge is 2.25. The van der Waals surface area contributed by atoms with Gasteiger partial charge in [0.1, 0.15) is 11.9 Å². The Kier molecular flexibility index (Phi) is 7.44. The summed E-state index contributed by atoms with van der Waals surface area (Å²) in [6.07, 6.45) is 7.32. The standard InChI is InChI=1S/C33H33ClN4O4/c34-24-8-9-26-22(17-24)3-1-5-30(26)42-32-6-2-4-27(36-32)21-11-14-37(15-12-21)20-31-35-28-10-7-23(33(39)40)18-29(28)38(31)19-25-13-16-41-25/h2,4,6-11,17-18,25,30H,1,3,5,12-16,19-20H2,(H,39,40)/t25-,30?/m0/s1. The zero-order valence-electron chi connectivity index (χ0n) is 23.3. The van der Waals surface area contributed by atoms with Crippen LogP contribution in [0.25, 0.3) is 16.6 Å². The second-order valence-corrected chi connectivity index (χ2v) is 11.8. The summed E-state index contributed by atoms with van der Waals surface area (Å²) in [6, 6.07) is 17.2. The van der Waals surface area contributed by atoms with Gasteiger partial charge in [-0.3, -0.25) is 4.90 Å². The number of halogens is 1. The monoisotopic (exact) mass is 584 g/mol. The van der Waals surface area contributed by atoms with Crippen LogP contribution in [-0.2, 0) is 24.2 Å². The van der Waals surface area contributed by atoms with E-state index in [1.807, 2.05) is 18.2 Å². The first-order valence-corrected chi connectivity index (χ1v) is 15.1. The number of aromatic nitrogens is 3. The van der Waals surface area contributed by atoms with Gasteiger partial charge in [-0.1, -0.05) is 29.8 Å². The molecular weight excluding hydrogens is 552 g/mol. The first-order chi connectivity index (χ1) is 20.5. The highest BCUT2D eigenvalue weighted by Crippen LogP contribution is 2.35. The summed E-state index contributed by atoms with van der Waals surface area (Å²) in [7, 11) is 0. The average Bonchev–Trinajstić information content (AvgIpc) is 3.31. The summed E-state index contributed by atoms with van der Waals surface area (Å²) in [5.74, 6) is 0.648. The molecule has 0 bridgehead atoms. The van der Waals surface area contributed by atoms with Crippen molar-refractivity contribution in [1.29, 1.82) is 0 Å². The van der Waals surface area contributed by atoms with Crippen molar-refractivity contribution in [3.05, 3.63) is 93.9 Å². The molecule has 1 unspecified atom stereocenters. The number of ether oxygens (including phenoxy) is 2. The zero-order chi connectivity index (χ0) is 28.6. The van der Waals surface area contributed by atoms with E-state index in [2.05, 4.69) is 33.7 Å². The van der Waals surface area contributed by atoms with E-state index in [1.54, 1.807) is 18.2 Å². The summed E-state index contributed by atoms with van der Waals surface area (Å²) < 4.78 is 14.3. The van der Waals surface area contributed by atoms with Gasteiger partial charge in [-0.25, -0.2) is 14.8 Å². The summed E-state index contributed by atoms with van der Waals surface area (Å²) in [5.41, 5.74) is 6.57. The van der Waals surface area contributed by atoms with E-state index >= 15 is 0 Å². The van der Waals surface area contributed by atoms with Crippen molar-refractivity contribution in [2.24, 2.45) is 0 Å². The number of hydrogen-bond acceptors (Lipinski definition) is 6. The van der Waals surface area contributed by atoms with Crippen LogP contribution in [0.15, 0.2) is 60.7 Å². The molecule has 0 spiro atoms. The summed E-state index contributed by atoms with van der Waals surface area (Å²) in [4.78, 5) is 23.8. The van der Waals surface area contributed by atoms with Crippen molar-refractivity contribution in [3.8, 4) is 5.88 Å². The van der Waals surface area contributed by atoms with Gasteiger partial charge in [0, 0.05) is 30.8 Å². The molecule has 3 aliphatic rings. The molecule has 7 rings (SSSR count). The number of rotatable bonds is 8.